The summed E-state index contributed by atoms with van der Waals surface area (Å²) in [6.45, 7) is 1.85. The molecule has 1 amide bonds. The number of nitrogens with one attached hydrogen (secondary N) is 2. The molecule has 0 spiro atoms. The van der Waals surface area contributed by atoms with E-state index in [1.54, 1.807) is 6.07 Å². The van der Waals surface area contributed by atoms with Gasteiger partial charge in [-0.15, -0.1) is 10.2 Å². The largest absolute Gasteiger partial charge is 0.361 e. The van der Waals surface area contributed by atoms with Crippen molar-refractivity contribution >= 4 is 33.3 Å². The van der Waals surface area contributed by atoms with E-state index in [9.17, 15) is 4.79 Å². The van der Waals surface area contributed by atoms with Crippen molar-refractivity contribution in [3.05, 3.63) is 41.0 Å². The fourth-order valence-corrected chi connectivity index (χ4v) is 2.38. The zero-order chi connectivity index (χ0) is 12.5. The second kappa shape index (κ2) is 4.23. The molecule has 0 atom stereocenters. The summed E-state index contributed by atoms with van der Waals surface area (Å²) in [5, 5.41) is 12.7. The number of hydrogen-bond acceptors (Lipinski definition) is 4. The second-order valence-corrected chi connectivity index (χ2v) is 5.01. The first kappa shape index (κ1) is 10.9. The summed E-state index contributed by atoms with van der Waals surface area (Å²) >= 11 is 1.36. The highest BCUT2D eigenvalue weighted by molar-refractivity contribution is 7.15. The van der Waals surface area contributed by atoms with Gasteiger partial charge in [0.05, 0.1) is 0 Å². The van der Waals surface area contributed by atoms with Gasteiger partial charge in [0.2, 0.25) is 5.13 Å². The topological polar surface area (TPSA) is 70.7 Å². The molecule has 3 rings (SSSR count). The first-order valence-electron chi connectivity index (χ1n) is 5.41. The van der Waals surface area contributed by atoms with Crippen molar-refractivity contribution in [3.63, 3.8) is 0 Å². The summed E-state index contributed by atoms with van der Waals surface area (Å²) in [4.78, 5) is 15.2. The second-order valence-electron chi connectivity index (χ2n) is 3.82. The normalized spacial score (nSPS) is 10.7. The predicted molar refractivity (Wildman–Crippen MR) is 70.9 cm³/mol. The minimum absolute atomic E-state index is 0.170. The van der Waals surface area contributed by atoms with Crippen molar-refractivity contribution in [2.45, 2.75) is 6.92 Å². The van der Waals surface area contributed by atoms with E-state index in [0.29, 0.717) is 10.7 Å². The summed E-state index contributed by atoms with van der Waals surface area (Å²) < 4.78 is 0. The van der Waals surface area contributed by atoms with Gasteiger partial charge in [0.15, 0.2) is 0 Å². The van der Waals surface area contributed by atoms with E-state index in [1.807, 2.05) is 31.3 Å². The van der Waals surface area contributed by atoms with Crippen LogP contribution in [0, 0.1) is 6.92 Å². The van der Waals surface area contributed by atoms with Crippen LogP contribution in [0.1, 0.15) is 15.4 Å². The lowest BCUT2D eigenvalue weighted by Crippen LogP contribution is -2.11. The standard InChI is InChI=1S/C12H10N4OS/c1-7-15-16-12(18-7)14-11(17)9-3-2-4-10-8(9)5-6-13-10/h2-6,13H,1H3,(H,14,16,17). The molecule has 2 aromatic heterocycles. The van der Waals surface area contributed by atoms with Gasteiger partial charge < -0.3 is 4.98 Å². The van der Waals surface area contributed by atoms with E-state index in [4.69, 9.17) is 0 Å². The molecule has 18 heavy (non-hydrogen) atoms. The smallest absolute Gasteiger partial charge is 0.258 e. The van der Waals surface area contributed by atoms with Crippen LogP contribution in [-0.2, 0) is 0 Å². The molecule has 5 nitrogen and oxygen atoms in total. The lowest BCUT2D eigenvalue weighted by Gasteiger charge is -2.02. The van der Waals surface area contributed by atoms with Crippen LogP contribution < -0.4 is 5.32 Å². The SMILES string of the molecule is Cc1nnc(NC(=O)c2cccc3[nH]ccc23)s1. The van der Waals surface area contributed by atoms with Gasteiger partial charge in [-0.25, -0.2) is 0 Å². The number of fused-ring (bicyclic) bond motifs is 1. The number of aryl methyl sites for hydroxylation is 1. The number of rotatable bonds is 2. The summed E-state index contributed by atoms with van der Waals surface area (Å²) in [5.74, 6) is -0.170. The Hall–Kier alpha value is -2.21. The molecule has 1 aromatic carbocycles. The molecular weight excluding hydrogens is 248 g/mol. The van der Waals surface area contributed by atoms with Gasteiger partial charge in [0.1, 0.15) is 5.01 Å². The maximum Gasteiger partial charge on any atom is 0.258 e. The molecule has 0 radical (unpaired) electrons. The predicted octanol–water partition coefficient (Wildman–Crippen LogP) is 2.58. The lowest BCUT2D eigenvalue weighted by atomic mass is 10.1. The molecule has 0 bridgehead atoms. The average molecular weight is 258 g/mol. The fourth-order valence-electron chi connectivity index (χ4n) is 1.79. The highest BCUT2D eigenvalue weighted by atomic mass is 32.1. The highest BCUT2D eigenvalue weighted by Crippen LogP contribution is 2.20. The molecule has 2 N–H and O–H groups in total. The molecule has 0 aliphatic carbocycles. The van der Waals surface area contributed by atoms with E-state index in [2.05, 4.69) is 20.5 Å². The first-order valence-corrected chi connectivity index (χ1v) is 6.23. The number of aromatic amines is 1. The molecule has 0 aliphatic rings. The van der Waals surface area contributed by atoms with Crippen LogP contribution in [0.3, 0.4) is 0 Å². The van der Waals surface area contributed by atoms with Crippen LogP contribution in [0.4, 0.5) is 5.13 Å². The average Bonchev–Trinajstić information content (AvgIpc) is 2.97. The van der Waals surface area contributed by atoms with Crippen molar-refractivity contribution in [2.24, 2.45) is 0 Å². The number of benzene rings is 1. The number of amides is 1. The van der Waals surface area contributed by atoms with Crippen LogP contribution in [0.15, 0.2) is 30.5 Å². The van der Waals surface area contributed by atoms with E-state index < -0.39 is 0 Å². The zero-order valence-electron chi connectivity index (χ0n) is 9.60. The number of aromatic nitrogens is 3. The summed E-state index contributed by atoms with van der Waals surface area (Å²) in [6.07, 6.45) is 1.82. The Morgan fingerprint density at radius 1 is 1.33 bits per heavy atom. The van der Waals surface area contributed by atoms with Crippen molar-refractivity contribution in [3.8, 4) is 0 Å². The van der Waals surface area contributed by atoms with Crippen molar-refractivity contribution in [1.82, 2.24) is 15.2 Å². The monoisotopic (exact) mass is 258 g/mol. The van der Waals surface area contributed by atoms with E-state index >= 15 is 0 Å². The molecular formula is C12H10N4OS. The molecule has 0 aliphatic heterocycles. The van der Waals surface area contributed by atoms with Crippen LogP contribution in [0.5, 0.6) is 0 Å². The quantitative estimate of drug-likeness (QED) is 0.742. The third-order valence-corrected chi connectivity index (χ3v) is 3.34. The first-order chi connectivity index (χ1) is 8.74. The Kier molecular flexibility index (Phi) is 2.56. The Bertz CT molecular complexity index is 716. The minimum Gasteiger partial charge on any atom is -0.361 e. The van der Waals surface area contributed by atoms with Crippen LogP contribution in [0.25, 0.3) is 10.9 Å². The van der Waals surface area contributed by atoms with Gasteiger partial charge in [0.25, 0.3) is 5.91 Å². The Labute approximate surface area is 107 Å². The number of hydrogen-bond donors (Lipinski definition) is 2. The number of nitrogens with zero attached hydrogens (tertiary/aromatic N) is 2. The van der Waals surface area contributed by atoms with E-state index in [-0.39, 0.29) is 5.91 Å². The Morgan fingerprint density at radius 2 is 2.22 bits per heavy atom. The van der Waals surface area contributed by atoms with Gasteiger partial charge in [-0.1, -0.05) is 17.4 Å². The maximum absolute atomic E-state index is 12.1. The molecule has 0 fully saturated rings. The third-order valence-electron chi connectivity index (χ3n) is 2.59. The van der Waals surface area contributed by atoms with Gasteiger partial charge in [-0.3, -0.25) is 10.1 Å². The minimum atomic E-state index is -0.170. The highest BCUT2D eigenvalue weighted by Gasteiger charge is 2.12. The van der Waals surface area contributed by atoms with E-state index in [1.165, 1.54) is 11.3 Å². The molecule has 6 heteroatoms. The third kappa shape index (κ3) is 1.86. The Balaban J connectivity index is 1.94. The zero-order valence-corrected chi connectivity index (χ0v) is 10.4. The van der Waals surface area contributed by atoms with Crippen molar-refractivity contribution < 1.29 is 4.79 Å². The fraction of sp³-hybridized carbons (Fsp3) is 0.0833. The Morgan fingerprint density at radius 3 is 3.00 bits per heavy atom. The molecule has 90 valence electrons. The lowest BCUT2D eigenvalue weighted by molar-refractivity contribution is 0.102. The molecule has 3 aromatic rings. The summed E-state index contributed by atoms with van der Waals surface area (Å²) in [5.41, 5.74) is 1.57. The summed E-state index contributed by atoms with van der Waals surface area (Å²) in [7, 11) is 0. The number of carbonyl (C=O) groups excluding carboxylic acids is 1. The maximum atomic E-state index is 12.1. The molecule has 0 saturated carbocycles. The summed E-state index contributed by atoms with van der Waals surface area (Å²) in [6, 6.07) is 7.45. The van der Waals surface area contributed by atoms with Gasteiger partial charge in [-0.2, -0.15) is 0 Å². The van der Waals surface area contributed by atoms with Crippen LogP contribution in [-0.4, -0.2) is 21.1 Å². The number of anilines is 1. The van der Waals surface area contributed by atoms with Gasteiger partial charge in [-0.05, 0) is 25.1 Å². The van der Waals surface area contributed by atoms with Crippen molar-refractivity contribution in [1.29, 1.82) is 0 Å². The van der Waals surface area contributed by atoms with Crippen molar-refractivity contribution in [2.75, 3.05) is 5.32 Å². The van der Waals surface area contributed by atoms with Gasteiger partial charge >= 0.3 is 0 Å². The molecule has 2 heterocycles. The van der Waals surface area contributed by atoms with Gasteiger partial charge in [0, 0.05) is 22.7 Å². The number of H-pyrrole nitrogens is 1. The van der Waals surface area contributed by atoms with Crippen LogP contribution >= 0.6 is 11.3 Å². The molecule has 0 saturated heterocycles. The number of carbonyl (C=O) groups is 1. The van der Waals surface area contributed by atoms with E-state index in [0.717, 1.165) is 15.9 Å². The van der Waals surface area contributed by atoms with Crippen LogP contribution in [0.2, 0.25) is 0 Å². The molecule has 0 unspecified atom stereocenters.